The monoisotopic (exact) mass is 257 g/mol. The number of aliphatic hydroxyl groups is 1. The molecule has 17 heavy (non-hydrogen) atoms. The number of nitro groups is 1. The molecule has 1 aromatic heterocycles. The molecule has 92 valence electrons. The molecule has 0 bridgehead atoms. The molecule has 0 aromatic carbocycles. The SMILES string of the molecule is O=[N+]([O-])c1cc(Cl)cnc1NCC1CC(O)C1. The van der Waals surface area contributed by atoms with Crippen molar-refractivity contribution in [3.05, 3.63) is 27.4 Å². The highest BCUT2D eigenvalue weighted by Gasteiger charge is 2.27. The second kappa shape index (κ2) is 4.85. The normalized spacial score (nSPS) is 22.9. The van der Waals surface area contributed by atoms with Crippen molar-refractivity contribution in [1.29, 1.82) is 0 Å². The van der Waals surface area contributed by atoms with Gasteiger partial charge in [0.25, 0.3) is 0 Å². The maximum Gasteiger partial charge on any atom is 0.312 e. The Morgan fingerprint density at radius 1 is 1.65 bits per heavy atom. The Labute approximate surface area is 103 Å². The van der Waals surface area contributed by atoms with Crippen LogP contribution in [-0.2, 0) is 0 Å². The Morgan fingerprint density at radius 3 is 2.94 bits per heavy atom. The molecule has 1 fully saturated rings. The van der Waals surface area contributed by atoms with Crippen LogP contribution in [0.4, 0.5) is 11.5 Å². The Bertz CT molecular complexity index is 435. The predicted octanol–water partition coefficient (Wildman–Crippen LogP) is 1.83. The first-order valence-electron chi connectivity index (χ1n) is 5.28. The second-order valence-corrected chi connectivity index (χ2v) is 4.59. The lowest BCUT2D eigenvalue weighted by molar-refractivity contribution is -0.384. The molecule has 7 heteroatoms. The van der Waals surface area contributed by atoms with Crippen molar-refractivity contribution in [2.45, 2.75) is 18.9 Å². The predicted molar refractivity (Wildman–Crippen MR) is 63.1 cm³/mol. The summed E-state index contributed by atoms with van der Waals surface area (Å²) >= 11 is 5.65. The van der Waals surface area contributed by atoms with Crippen LogP contribution in [0, 0.1) is 16.0 Å². The van der Waals surface area contributed by atoms with E-state index < -0.39 is 4.92 Å². The van der Waals surface area contributed by atoms with Crippen LogP contribution in [0.5, 0.6) is 0 Å². The van der Waals surface area contributed by atoms with Gasteiger partial charge in [-0.2, -0.15) is 0 Å². The van der Waals surface area contributed by atoms with Gasteiger partial charge in [-0.15, -0.1) is 0 Å². The molecule has 1 heterocycles. The molecule has 2 rings (SSSR count). The number of anilines is 1. The number of hydrogen-bond donors (Lipinski definition) is 2. The number of aromatic nitrogens is 1. The Morgan fingerprint density at radius 2 is 2.35 bits per heavy atom. The van der Waals surface area contributed by atoms with Crippen LogP contribution in [-0.4, -0.2) is 27.7 Å². The molecular formula is C10H12ClN3O3. The minimum absolute atomic E-state index is 0.127. The van der Waals surface area contributed by atoms with Crippen LogP contribution < -0.4 is 5.32 Å². The average molecular weight is 258 g/mol. The third-order valence-corrected chi connectivity index (χ3v) is 3.01. The molecule has 0 saturated heterocycles. The molecule has 0 atom stereocenters. The average Bonchev–Trinajstić information content (AvgIpc) is 2.24. The zero-order chi connectivity index (χ0) is 12.4. The number of nitrogens with zero attached hydrogens (tertiary/aromatic N) is 2. The number of halogens is 1. The fourth-order valence-electron chi connectivity index (χ4n) is 1.81. The standard InChI is InChI=1S/C10H12ClN3O3/c11-7-3-9(14(16)17)10(13-5-7)12-4-6-1-8(15)2-6/h3,5-6,8,15H,1-2,4H2,(H,12,13). The topological polar surface area (TPSA) is 88.3 Å². The van der Waals surface area contributed by atoms with Gasteiger partial charge in [0, 0.05) is 18.8 Å². The first kappa shape index (κ1) is 12.1. The summed E-state index contributed by atoms with van der Waals surface area (Å²) in [6.07, 6.45) is 2.60. The van der Waals surface area contributed by atoms with Crippen LogP contribution in [0.3, 0.4) is 0 Å². The summed E-state index contributed by atoms with van der Waals surface area (Å²) in [5, 5.41) is 23.1. The summed E-state index contributed by atoms with van der Waals surface area (Å²) in [7, 11) is 0. The van der Waals surface area contributed by atoms with Crippen molar-refractivity contribution in [1.82, 2.24) is 4.98 Å². The quantitative estimate of drug-likeness (QED) is 0.635. The molecule has 1 aromatic rings. The molecule has 0 amide bonds. The van der Waals surface area contributed by atoms with Gasteiger partial charge in [-0.25, -0.2) is 4.98 Å². The lowest BCUT2D eigenvalue weighted by Gasteiger charge is -2.31. The highest BCUT2D eigenvalue weighted by atomic mass is 35.5. The summed E-state index contributed by atoms with van der Waals surface area (Å²) < 4.78 is 0. The van der Waals surface area contributed by atoms with Gasteiger partial charge in [-0.1, -0.05) is 11.6 Å². The van der Waals surface area contributed by atoms with Crippen molar-refractivity contribution in [2.24, 2.45) is 5.92 Å². The minimum atomic E-state index is -0.517. The van der Waals surface area contributed by atoms with Gasteiger partial charge < -0.3 is 10.4 Å². The fraction of sp³-hybridized carbons (Fsp3) is 0.500. The smallest absolute Gasteiger partial charge is 0.312 e. The summed E-state index contributed by atoms with van der Waals surface area (Å²) in [6.45, 7) is 0.576. The van der Waals surface area contributed by atoms with E-state index in [-0.39, 0.29) is 22.6 Å². The van der Waals surface area contributed by atoms with E-state index in [2.05, 4.69) is 10.3 Å². The number of hydrogen-bond acceptors (Lipinski definition) is 5. The van der Waals surface area contributed by atoms with E-state index in [9.17, 15) is 10.1 Å². The van der Waals surface area contributed by atoms with E-state index >= 15 is 0 Å². The molecule has 1 aliphatic rings. The number of rotatable bonds is 4. The lowest BCUT2D eigenvalue weighted by Crippen LogP contribution is -2.33. The molecule has 6 nitrogen and oxygen atoms in total. The van der Waals surface area contributed by atoms with E-state index in [4.69, 9.17) is 16.7 Å². The van der Waals surface area contributed by atoms with Crippen molar-refractivity contribution >= 4 is 23.1 Å². The molecular weight excluding hydrogens is 246 g/mol. The van der Waals surface area contributed by atoms with Crippen LogP contribution in [0.25, 0.3) is 0 Å². The molecule has 0 unspecified atom stereocenters. The maximum absolute atomic E-state index is 10.8. The van der Waals surface area contributed by atoms with E-state index in [1.54, 1.807) is 0 Å². The Kier molecular flexibility index (Phi) is 3.44. The molecule has 1 aliphatic carbocycles. The summed E-state index contributed by atoms with van der Waals surface area (Å²) in [4.78, 5) is 14.2. The van der Waals surface area contributed by atoms with Crippen LogP contribution in [0.15, 0.2) is 12.3 Å². The zero-order valence-corrected chi connectivity index (χ0v) is 9.72. The molecule has 1 saturated carbocycles. The van der Waals surface area contributed by atoms with Gasteiger partial charge in [0.1, 0.15) is 0 Å². The second-order valence-electron chi connectivity index (χ2n) is 4.15. The third kappa shape index (κ3) is 2.83. The van der Waals surface area contributed by atoms with Gasteiger partial charge in [0.05, 0.1) is 16.0 Å². The van der Waals surface area contributed by atoms with Gasteiger partial charge in [-0.05, 0) is 18.8 Å². The molecule has 0 aliphatic heterocycles. The number of pyridine rings is 1. The van der Waals surface area contributed by atoms with Crippen molar-refractivity contribution in [2.75, 3.05) is 11.9 Å². The van der Waals surface area contributed by atoms with E-state index in [0.717, 1.165) is 12.8 Å². The molecule has 0 radical (unpaired) electrons. The maximum atomic E-state index is 10.8. The first-order valence-corrected chi connectivity index (χ1v) is 5.66. The summed E-state index contributed by atoms with van der Waals surface area (Å²) in [5.74, 6) is 0.572. The summed E-state index contributed by atoms with van der Waals surface area (Å²) in [5.41, 5.74) is -0.127. The molecule has 0 spiro atoms. The highest BCUT2D eigenvalue weighted by molar-refractivity contribution is 6.30. The minimum Gasteiger partial charge on any atom is -0.393 e. The molecule has 2 N–H and O–H groups in total. The van der Waals surface area contributed by atoms with Crippen LogP contribution >= 0.6 is 11.6 Å². The third-order valence-electron chi connectivity index (χ3n) is 2.80. The van der Waals surface area contributed by atoms with Crippen molar-refractivity contribution < 1.29 is 10.0 Å². The Hall–Kier alpha value is -1.40. The number of aliphatic hydroxyl groups excluding tert-OH is 1. The van der Waals surface area contributed by atoms with E-state index in [1.807, 2.05) is 0 Å². The summed E-state index contributed by atoms with van der Waals surface area (Å²) in [6, 6.07) is 1.27. The van der Waals surface area contributed by atoms with Gasteiger partial charge in [0.2, 0.25) is 5.82 Å². The Balaban J connectivity index is 2.02. The zero-order valence-electron chi connectivity index (χ0n) is 8.97. The largest absolute Gasteiger partial charge is 0.393 e. The highest BCUT2D eigenvalue weighted by Crippen LogP contribution is 2.29. The van der Waals surface area contributed by atoms with Crippen LogP contribution in [0.2, 0.25) is 5.02 Å². The van der Waals surface area contributed by atoms with Crippen molar-refractivity contribution in [3.8, 4) is 0 Å². The van der Waals surface area contributed by atoms with E-state index in [1.165, 1.54) is 12.3 Å². The van der Waals surface area contributed by atoms with Gasteiger partial charge >= 0.3 is 5.69 Å². The first-order chi connectivity index (χ1) is 8.06. The number of nitrogens with one attached hydrogen (secondary N) is 1. The van der Waals surface area contributed by atoms with Gasteiger partial charge in [0.15, 0.2) is 0 Å². The lowest BCUT2D eigenvalue weighted by atomic mass is 9.82. The van der Waals surface area contributed by atoms with Gasteiger partial charge in [-0.3, -0.25) is 10.1 Å². The fourth-order valence-corrected chi connectivity index (χ4v) is 1.96. The van der Waals surface area contributed by atoms with Crippen molar-refractivity contribution in [3.63, 3.8) is 0 Å². The van der Waals surface area contributed by atoms with E-state index in [0.29, 0.717) is 12.5 Å². The van der Waals surface area contributed by atoms with Crippen LogP contribution in [0.1, 0.15) is 12.8 Å².